The summed E-state index contributed by atoms with van der Waals surface area (Å²) in [5, 5.41) is 11.9. The number of halogens is 4. The van der Waals surface area contributed by atoms with Crippen molar-refractivity contribution in [1.29, 1.82) is 0 Å². The first-order valence-corrected chi connectivity index (χ1v) is 25.1. The number of hydrogen-bond donors (Lipinski definition) is 3. The molecule has 1 aromatic heterocycles. The standard InChI is InChI=1S/C22H25N3O4.4ClH.2H2O.Sn/c1-13-16(5-6-21(26)27)14(2)23-19(13)12-18-17-4-3-15(11-20(17)24-22(18)28)25-7-9-29-10-8-25;;;;;;;/h3-4,11-12,23H,5-10H2,1-2H3,(H,24,28)(H,26,27);4*1H;2*1H2;/q;;;;;;;+4/p-4. The number of carbonyl (C=O) groups is 2. The Labute approximate surface area is 228 Å². The number of rotatable bonds is 5. The van der Waals surface area contributed by atoms with Crippen LogP contribution >= 0.6 is 35.7 Å². The number of aryl methyl sites for hydroxylation is 1. The molecule has 2 aliphatic heterocycles. The van der Waals surface area contributed by atoms with E-state index < -0.39 is 19.8 Å². The third-order valence-corrected chi connectivity index (χ3v) is 5.67. The summed E-state index contributed by atoms with van der Waals surface area (Å²) in [7, 11) is 20.1. The van der Waals surface area contributed by atoms with E-state index in [4.69, 9.17) is 45.5 Å². The maximum atomic E-state index is 12.6. The molecule has 0 saturated carbocycles. The molecule has 0 bridgehead atoms. The monoisotopic (exact) mass is 691 g/mol. The van der Waals surface area contributed by atoms with Gasteiger partial charge in [-0.2, -0.15) is 0 Å². The van der Waals surface area contributed by atoms with Crippen LogP contribution in [0.2, 0.25) is 0 Å². The zero-order valence-electron chi connectivity index (χ0n) is 19.7. The van der Waals surface area contributed by atoms with Crippen LogP contribution in [0.25, 0.3) is 11.6 Å². The van der Waals surface area contributed by atoms with Gasteiger partial charge in [-0.3, -0.25) is 9.59 Å². The molecule has 2 aromatic rings. The minimum absolute atomic E-state index is 0. The van der Waals surface area contributed by atoms with E-state index in [-0.39, 0.29) is 23.3 Å². The second-order valence-corrected chi connectivity index (χ2v) is 33.4. The molecular weight excluding hydrogens is 663 g/mol. The summed E-state index contributed by atoms with van der Waals surface area (Å²) in [5.41, 5.74) is 7.17. The van der Waals surface area contributed by atoms with Crippen LogP contribution in [0.5, 0.6) is 0 Å². The van der Waals surface area contributed by atoms with Gasteiger partial charge in [-0.05, 0) is 49.6 Å². The first-order valence-electron chi connectivity index (χ1n) is 10.6. The molecule has 200 valence electrons. The van der Waals surface area contributed by atoms with E-state index in [1.54, 1.807) is 0 Å². The van der Waals surface area contributed by atoms with Gasteiger partial charge in [-0.15, -0.1) is 0 Å². The van der Waals surface area contributed by atoms with E-state index in [0.717, 1.165) is 52.5 Å². The van der Waals surface area contributed by atoms with Crippen LogP contribution < -0.4 is 10.2 Å². The van der Waals surface area contributed by atoms with Gasteiger partial charge >= 0.3 is 55.5 Å². The Morgan fingerprint density at radius 3 is 2.36 bits per heavy atom. The number of hydrogen-bond acceptors (Lipinski definition) is 4. The summed E-state index contributed by atoms with van der Waals surface area (Å²) in [5.74, 6) is -0.942. The van der Waals surface area contributed by atoms with E-state index in [9.17, 15) is 9.59 Å². The average Bonchev–Trinajstić information content (AvgIpc) is 3.20. The molecular formula is C22H29Cl4N3O6Sn. The molecule has 36 heavy (non-hydrogen) atoms. The molecule has 3 heterocycles. The van der Waals surface area contributed by atoms with Gasteiger partial charge in [-0.1, -0.05) is 6.07 Å². The Morgan fingerprint density at radius 2 is 1.78 bits per heavy atom. The van der Waals surface area contributed by atoms with Crippen LogP contribution in [0.3, 0.4) is 0 Å². The molecule has 7 N–H and O–H groups in total. The van der Waals surface area contributed by atoms with Crippen molar-refractivity contribution in [2.45, 2.75) is 26.7 Å². The van der Waals surface area contributed by atoms with E-state index in [1.807, 2.05) is 38.1 Å². The molecule has 0 atom stereocenters. The Morgan fingerprint density at radius 1 is 1.17 bits per heavy atom. The van der Waals surface area contributed by atoms with Gasteiger partial charge in [-0.25, -0.2) is 0 Å². The molecule has 1 aromatic carbocycles. The number of nitrogens with zero attached hydrogens (tertiary/aromatic N) is 1. The number of morpholine rings is 1. The van der Waals surface area contributed by atoms with Crippen LogP contribution in [-0.2, 0) is 20.7 Å². The van der Waals surface area contributed by atoms with Crippen LogP contribution in [0.4, 0.5) is 11.4 Å². The fourth-order valence-electron chi connectivity index (χ4n) is 4.05. The summed E-state index contributed by atoms with van der Waals surface area (Å²) in [6.45, 7) is 7.01. The maximum absolute atomic E-state index is 12.6. The van der Waals surface area contributed by atoms with E-state index in [2.05, 4.69) is 15.2 Å². The number of nitrogens with one attached hydrogen (secondary N) is 2. The third-order valence-electron chi connectivity index (χ3n) is 5.67. The van der Waals surface area contributed by atoms with Gasteiger partial charge in [0.2, 0.25) is 0 Å². The number of aromatic amines is 1. The molecule has 4 rings (SSSR count). The number of H-pyrrole nitrogens is 1. The molecule has 2 aliphatic rings. The number of carboxylic acid groups (broad SMARTS) is 1. The summed E-state index contributed by atoms with van der Waals surface area (Å²) in [6.07, 6.45) is 2.42. The van der Waals surface area contributed by atoms with Crippen LogP contribution in [0.15, 0.2) is 18.2 Å². The second-order valence-electron chi connectivity index (χ2n) is 7.93. The van der Waals surface area contributed by atoms with E-state index in [1.165, 1.54) is 0 Å². The molecule has 0 spiro atoms. The van der Waals surface area contributed by atoms with Crippen molar-refractivity contribution in [1.82, 2.24) is 4.98 Å². The van der Waals surface area contributed by atoms with Gasteiger partial charge in [0, 0.05) is 42.1 Å². The zero-order valence-corrected chi connectivity index (χ0v) is 25.6. The van der Waals surface area contributed by atoms with Crippen molar-refractivity contribution < 1.29 is 30.4 Å². The third kappa shape index (κ3) is 8.98. The Bertz CT molecular complexity index is 1110. The van der Waals surface area contributed by atoms with E-state index >= 15 is 0 Å². The predicted molar refractivity (Wildman–Crippen MR) is 149 cm³/mol. The van der Waals surface area contributed by atoms with Crippen molar-refractivity contribution in [3.63, 3.8) is 0 Å². The summed E-state index contributed by atoms with van der Waals surface area (Å²) >= 11 is -3.29. The zero-order chi connectivity index (χ0) is 25.0. The number of anilines is 2. The summed E-state index contributed by atoms with van der Waals surface area (Å²) in [4.78, 5) is 29.1. The first kappa shape index (κ1) is 32.8. The van der Waals surface area contributed by atoms with Crippen molar-refractivity contribution in [2.75, 3.05) is 36.5 Å². The molecule has 0 radical (unpaired) electrons. The van der Waals surface area contributed by atoms with Gasteiger partial charge in [0.05, 0.1) is 24.5 Å². The molecule has 0 unspecified atom stereocenters. The van der Waals surface area contributed by atoms with E-state index in [0.29, 0.717) is 25.2 Å². The Hall–Kier alpha value is -1.18. The van der Waals surface area contributed by atoms with Crippen molar-refractivity contribution in [3.8, 4) is 0 Å². The van der Waals surface area contributed by atoms with Crippen LogP contribution in [0.1, 0.15) is 34.5 Å². The Balaban J connectivity index is 0.000000846. The summed E-state index contributed by atoms with van der Waals surface area (Å²) in [6, 6.07) is 6.05. The first-order chi connectivity index (χ1) is 15.9. The number of fused-ring (bicyclic) bond motifs is 1. The average molecular weight is 692 g/mol. The van der Waals surface area contributed by atoms with Crippen molar-refractivity contribution >= 4 is 84.5 Å². The van der Waals surface area contributed by atoms with Gasteiger partial charge in [0.1, 0.15) is 0 Å². The number of benzene rings is 1. The topological polar surface area (TPSA) is 158 Å². The quantitative estimate of drug-likeness (QED) is 0.322. The van der Waals surface area contributed by atoms with Crippen LogP contribution in [0, 0.1) is 13.8 Å². The second kappa shape index (κ2) is 14.1. The fraction of sp³-hybridized carbons (Fsp3) is 0.364. The van der Waals surface area contributed by atoms with Crippen molar-refractivity contribution in [2.24, 2.45) is 0 Å². The minimum atomic E-state index is -3.29. The number of carbonyl (C=O) groups excluding carboxylic acids is 1. The SMILES string of the molecule is Cc1[nH]c(C=C2C(=O)Nc3cc(N4CCOCC4)ccc32)c(C)c1CCC(=O)O.O.O.[Cl][Sn]([Cl])([Cl])[Cl]. The molecule has 9 nitrogen and oxygen atoms in total. The number of ether oxygens (including phenoxy) is 1. The molecule has 1 saturated heterocycles. The fourth-order valence-corrected chi connectivity index (χ4v) is 4.05. The predicted octanol–water partition coefficient (Wildman–Crippen LogP) is 3.71. The van der Waals surface area contributed by atoms with Crippen LogP contribution in [-0.4, -0.2) is 73.1 Å². The Kier molecular flexibility index (Phi) is 12.9. The van der Waals surface area contributed by atoms with Crippen molar-refractivity contribution in [3.05, 3.63) is 46.3 Å². The number of amides is 1. The number of aromatic nitrogens is 1. The number of aliphatic carboxylic acids is 1. The van der Waals surface area contributed by atoms with Gasteiger partial charge < -0.3 is 36.0 Å². The normalized spacial score (nSPS) is 15.8. The van der Waals surface area contributed by atoms with Gasteiger partial charge in [0.15, 0.2) is 0 Å². The molecule has 1 amide bonds. The van der Waals surface area contributed by atoms with Gasteiger partial charge in [0.25, 0.3) is 5.91 Å². The molecule has 1 fully saturated rings. The summed E-state index contributed by atoms with van der Waals surface area (Å²) < 4.78 is 5.41. The number of carboxylic acids is 1. The molecule has 0 aliphatic carbocycles. The molecule has 14 heteroatoms.